The maximum Gasteiger partial charge on any atom is 0.273 e. The highest BCUT2D eigenvalue weighted by Gasteiger charge is 2.14. The third-order valence-electron chi connectivity index (χ3n) is 2.82. The molecule has 2 aromatic rings. The van der Waals surface area contributed by atoms with Gasteiger partial charge in [0.25, 0.3) is 5.69 Å². The number of nitro groups is 1. The molecule has 6 heteroatoms. The molecule has 0 aliphatic heterocycles. The summed E-state index contributed by atoms with van der Waals surface area (Å²) in [4.78, 5) is 11.4. The summed E-state index contributed by atoms with van der Waals surface area (Å²) in [5.74, 6) is -0.140. The van der Waals surface area contributed by atoms with Gasteiger partial charge < -0.3 is 5.73 Å². The highest BCUT2D eigenvalue weighted by Crippen LogP contribution is 2.31. The van der Waals surface area contributed by atoms with Crippen LogP contribution in [0.2, 0.25) is 0 Å². The Morgan fingerprint density at radius 3 is 2.70 bits per heavy atom. The number of anilines is 1. The summed E-state index contributed by atoms with van der Waals surface area (Å²) in [7, 11) is 0. The molecule has 20 heavy (non-hydrogen) atoms. The second-order valence-electron chi connectivity index (χ2n) is 4.34. The van der Waals surface area contributed by atoms with E-state index in [1.165, 1.54) is 23.9 Å². The molecule has 0 atom stereocenters. The minimum absolute atomic E-state index is 0.0630. The van der Waals surface area contributed by atoms with Gasteiger partial charge >= 0.3 is 0 Å². The molecular weight excluding hydrogens is 279 g/mol. The van der Waals surface area contributed by atoms with Crippen LogP contribution in [0, 0.1) is 22.9 Å². The molecule has 0 aliphatic carbocycles. The van der Waals surface area contributed by atoms with Crippen LogP contribution >= 0.6 is 11.8 Å². The molecule has 0 saturated carbocycles. The standard InChI is InChI=1S/C14H13FN2O2S/c1-9-6-12(16)3-5-14(9)20-8-10-7-11(15)2-4-13(10)17(18)19/h2-7H,8,16H2,1H3. The number of benzene rings is 2. The molecule has 0 aliphatic rings. The van der Waals surface area contributed by atoms with Crippen LogP contribution < -0.4 is 5.73 Å². The van der Waals surface area contributed by atoms with Crippen molar-refractivity contribution in [2.75, 3.05) is 5.73 Å². The van der Waals surface area contributed by atoms with E-state index >= 15 is 0 Å². The van der Waals surface area contributed by atoms with Crippen LogP contribution in [0.3, 0.4) is 0 Å². The average molecular weight is 292 g/mol. The van der Waals surface area contributed by atoms with Gasteiger partial charge in [0.15, 0.2) is 0 Å². The number of rotatable bonds is 4. The summed E-state index contributed by atoms with van der Waals surface area (Å²) >= 11 is 1.42. The summed E-state index contributed by atoms with van der Waals surface area (Å²) in [5.41, 5.74) is 7.64. The summed E-state index contributed by atoms with van der Waals surface area (Å²) in [5, 5.41) is 10.9. The topological polar surface area (TPSA) is 69.2 Å². The first-order chi connectivity index (χ1) is 9.47. The third kappa shape index (κ3) is 3.27. The lowest BCUT2D eigenvalue weighted by Gasteiger charge is -2.07. The maximum absolute atomic E-state index is 13.2. The first kappa shape index (κ1) is 14.3. The van der Waals surface area contributed by atoms with E-state index in [4.69, 9.17) is 5.73 Å². The van der Waals surface area contributed by atoms with Crippen molar-refractivity contribution in [3.05, 3.63) is 63.5 Å². The first-order valence-corrected chi connectivity index (χ1v) is 6.87. The predicted octanol–water partition coefficient (Wildman–Crippen LogP) is 3.92. The van der Waals surface area contributed by atoms with E-state index in [0.29, 0.717) is 17.0 Å². The summed E-state index contributed by atoms with van der Waals surface area (Å²) in [6, 6.07) is 8.97. The minimum Gasteiger partial charge on any atom is -0.399 e. The van der Waals surface area contributed by atoms with Crippen molar-refractivity contribution in [1.29, 1.82) is 0 Å². The second kappa shape index (κ2) is 5.92. The Bertz CT molecular complexity index is 662. The van der Waals surface area contributed by atoms with Gasteiger partial charge in [-0.15, -0.1) is 11.8 Å². The van der Waals surface area contributed by atoms with Crippen LogP contribution in [0.1, 0.15) is 11.1 Å². The first-order valence-electron chi connectivity index (χ1n) is 5.89. The number of halogens is 1. The van der Waals surface area contributed by atoms with E-state index in [1.807, 2.05) is 19.1 Å². The fourth-order valence-electron chi connectivity index (χ4n) is 1.84. The zero-order valence-corrected chi connectivity index (χ0v) is 11.6. The zero-order valence-electron chi connectivity index (χ0n) is 10.8. The van der Waals surface area contributed by atoms with Crippen molar-refractivity contribution >= 4 is 23.1 Å². The Morgan fingerprint density at radius 1 is 1.30 bits per heavy atom. The largest absolute Gasteiger partial charge is 0.399 e. The van der Waals surface area contributed by atoms with Crippen molar-refractivity contribution in [1.82, 2.24) is 0 Å². The second-order valence-corrected chi connectivity index (χ2v) is 5.36. The van der Waals surface area contributed by atoms with Gasteiger partial charge in [-0.05, 0) is 42.8 Å². The number of aryl methyl sites for hydroxylation is 1. The van der Waals surface area contributed by atoms with Crippen molar-refractivity contribution in [2.24, 2.45) is 0 Å². The molecule has 0 amide bonds. The van der Waals surface area contributed by atoms with Gasteiger partial charge in [0.1, 0.15) is 5.82 Å². The Balaban J connectivity index is 2.22. The quantitative estimate of drug-likeness (QED) is 0.401. The number of nitro benzene ring substituents is 1. The van der Waals surface area contributed by atoms with Crippen LogP contribution in [0.15, 0.2) is 41.3 Å². The Kier molecular flexibility index (Phi) is 4.24. The maximum atomic E-state index is 13.2. The molecule has 0 saturated heterocycles. The SMILES string of the molecule is Cc1cc(N)ccc1SCc1cc(F)ccc1[N+](=O)[O-]. The molecule has 0 aromatic heterocycles. The van der Waals surface area contributed by atoms with Gasteiger partial charge in [0.05, 0.1) is 4.92 Å². The molecule has 2 N–H and O–H groups in total. The molecular formula is C14H13FN2O2S. The number of hydrogen-bond donors (Lipinski definition) is 1. The summed E-state index contributed by atoms with van der Waals surface area (Å²) in [6.07, 6.45) is 0. The van der Waals surface area contributed by atoms with E-state index in [2.05, 4.69) is 0 Å². The van der Waals surface area contributed by atoms with E-state index < -0.39 is 10.7 Å². The number of hydrogen-bond acceptors (Lipinski definition) is 4. The van der Waals surface area contributed by atoms with E-state index in [0.717, 1.165) is 16.5 Å². The van der Waals surface area contributed by atoms with E-state index in [-0.39, 0.29) is 5.69 Å². The van der Waals surface area contributed by atoms with Crippen molar-refractivity contribution in [3.8, 4) is 0 Å². The van der Waals surface area contributed by atoms with Crippen LogP contribution in [-0.2, 0) is 5.75 Å². The van der Waals surface area contributed by atoms with Gasteiger partial charge in [-0.1, -0.05) is 0 Å². The lowest BCUT2D eigenvalue weighted by Crippen LogP contribution is -1.95. The summed E-state index contributed by atoms with van der Waals surface area (Å²) in [6.45, 7) is 1.92. The number of thioether (sulfide) groups is 1. The fraction of sp³-hybridized carbons (Fsp3) is 0.143. The predicted molar refractivity (Wildman–Crippen MR) is 78.2 cm³/mol. The van der Waals surface area contributed by atoms with Crippen molar-refractivity contribution < 1.29 is 9.31 Å². The monoisotopic (exact) mass is 292 g/mol. The number of nitrogen functional groups attached to an aromatic ring is 1. The Morgan fingerprint density at radius 2 is 2.05 bits per heavy atom. The van der Waals surface area contributed by atoms with Crippen LogP contribution in [0.5, 0.6) is 0 Å². The molecule has 0 fully saturated rings. The van der Waals surface area contributed by atoms with Crippen LogP contribution in [0.25, 0.3) is 0 Å². The van der Waals surface area contributed by atoms with Crippen molar-refractivity contribution in [3.63, 3.8) is 0 Å². The van der Waals surface area contributed by atoms with E-state index in [9.17, 15) is 14.5 Å². The molecule has 4 nitrogen and oxygen atoms in total. The van der Waals surface area contributed by atoms with Gasteiger partial charge in [0, 0.05) is 28.0 Å². The smallest absolute Gasteiger partial charge is 0.273 e. The fourth-order valence-corrected chi connectivity index (χ4v) is 2.83. The van der Waals surface area contributed by atoms with Gasteiger partial charge in [-0.2, -0.15) is 0 Å². The molecule has 0 heterocycles. The molecule has 2 rings (SSSR count). The highest BCUT2D eigenvalue weighted by molar-refractivity contribution is 7.98. The van der Waals surface area contributed by atoms with Gasteiger partial charge in [-0.3, -0.25) is 10.1 Å². The molecule has 104 valence electrons. The molecule has 0 unspecified atom stereocenters. The lowest BCUT2D eigenvalue weighted by atomic mass is 10.2. The molecule has 2 aromatic carbocycles. The van der Waals surface area contributed by atoms with Crippen LogP contribution in [0.4, 0.5) is 15.8 Å². The Hall–Kier alpha value is -2.08. The number of nitrogens with two attached hydrogens (primary N) is 1. The zero-order chi connectivity index (χ0) is 14.7. The van der Waals surface area contributed by atoms with Gasteiger partial charge in [-0.25, -0.2) is 4.39 Å². The molecule has 0 bridgehead atoms. The number of nitrogens with zero attached hydrogens (tertiary/aromatic N) is 1. The van der Waals surface area contributed by atoms with Crippen molar-refractivity contribution in [2.45, 2.75) is 17.6 Å². The Labute approximate surface area is 119 Å². The highest BCUT2D eigenvalue weighted by atomic mass is 32.2. The van der Waals surface area contributed by atoms with E-state index in [1.54, 1.807) is 6.07 Å². The minimum atomic E-state index is -0.495. The summed E-state index contributed by atoms with van der Waals surface area (Å²) < 4.78 is 13.2. The normalized spacial score (nSPS) is 10.5. The van der Waals surface area contributed by atoms with Gasteiger partial charge in [0.2, 0.25) is 0 Å². The molecule has 0 radical (unpaired) electrons. The average Bonchev–Trinajstić information content (AvgIpc) is 2.37. The lowest BCUT2D eigenvalue weighted by molar-refractivity contribution is -0.385. The van der Waals surface area contributed by atoms with Crippen LogP contribution in [-0.4, -0.2) is 4.92 Å². The third-order valence-corrected chi connectivity index (χ3v) is 4.04. The molecule has 0 spiro atoms.